The lowest BCUT2D eigenvalue weighted by atomic mass is 9.84. The molecule has 2 aromatic heterocycles. The van der Waals surface area contributed by atoms with Gasteiger partial charge in [0, 0.05) is 36.8 Å². The molecule has 7 nitrogen and oxygen atoms in total. The van der Waals surface area contributed by atoms with Crippen molar-refractivity contribution in [3.05, 3.63) is 77.8 Å². The SMILES string of the molecule is CN1C(=O)C(c2cc(CF)ccn2)(c2cc(-c3cnccn3)ccc2F)N=C1N. The summed E-state index contributed by atoms with van der Waals surface area (Å²) in [5.41, 5.74) is 5.37. The quantitative estimate of drug-likeness (QED) is 0.732. The summed E-state index contributed by atoms with van der Waals surface area (Å²) < 4.78 is 28.3. The Morgan fingerprint density at radius 1 is 1.14 bits per heavy atom. The number of nitrogens with zero attached hydrogens (tertiary/aromatic N) is 5. The molecular weight excluding hydrogens is 378 g/mol. The fourth-order valence-electron chi connectivity index (χ4n) is 3.29. The molecule has 146 valence electrons. The second-order valence-electron chi connectivity index (χ2n) is 6.51. The van der Waals surface area contributed by atoms with Gasteiger partial charge in [-0.05, 0) is 35.9 Å². The van der Waals surface area contributed by atoms with Gasteiger partial charge in [-0.2, -0.15) is 0 Å². The summed E-state index contributed by atoms with van der Waals surface area (Å²) in [5, 5.41) is 0. The first-order valence-electron chi connectivity index (χ1n) is 8.68. The second kappa shape index (κ2) is 7.01. The lowest BCUT2D eigenvalue weighted by Gasteiger charge is -2.26. The van der Waals surface area contributed by atoms with E-state index in [4.69, 9.17) is 5.73 Å². The van der Waals surface area contributed by atoms with Crippen molar-refractivity contribution in [2.24, 2.45) is 10.7 Å². The van der Waals surface area contributed by atoms with Gasteiger partial charge in [0.15, 0.2) is 5.96 Å². The fraction of sp³-hybridized carbons (Fsp3) is 0.150. The third-order valence-corrected chi connectivity index (χ3v) is 4.80. The minimum atomic E-state index is -1.87. The Kier molecular flexibility index (Phi) is 4.50. The van der Waals surface area contributed by atoms with Crippen molar-refractivity contribution in [3.63, 3.8) is 0 Å². The van der Waals surface area contributed by atoms with Crippen LogP contribution in [0.4, 0.5) is 8.78 Å². The summed E-state index contributed by atoms with van der Waals surface area (Å²) >= 11 is 0. The normalized spacial score (nSPS) is 18.8. The van der Waals surface area contributed by atoms with Gasteiger partial charge in [0.1, 0.15) is 12.5 Å². The first-order valence-corrected chi connectivity index (χ1v) is 8.68. The van der Waals surface area contributed by atoms with Crippen molar-refractivity contribution in [2.45, 2.75) is 12.2 Å². The average Bonchev–Trinajstić information content (AvgIpc) is 2.99. The molecule has 1 unspecified atom stereocenters. The molecule has 9 heteroatoms. The van der Waals surface area contributed by atoms with E-state index >= 15 is 4.39 Å². The Morgan fingerprint density at radius 3 is 2.62 bits per heavy atom. The molecule has 0 spiro atoms. The van der Waals surface area contributed by atoms with Crippen molar-refractivity contribution >= 4 is 11.9 Å². The molecule has 3 aromatic rings. The molecule has 1 atom stereocenters. The Balaban J connectivity index is 2.00. The number of carbonyl (C=O) groups is 1. The Morgan fingerprint density at radius 2 is 1.97 bits per heavy atom. The third-order valence-electron chi connectivity index (χ3n) is 4.80. The number of pyridine rings is 1. The number of hydrogen-bond donors (Lipinski definition) is 1. The molecule has 0 bridgehead atoms. The van der Waals surface area contributed by atoms with Crippen molar-refractivity contribution in [2.75, 3.05) is 7.05 Å². The van der Waals surface area contributed by atoms with Crippen molar-refractivity contribution in [1.29, 1.82) is 0 Å². The number of carbonyl (C=O) groups excluding carboxylic acids is 1. The summed E-state index contributed by atoms with van der Waals surface area (Å²) in [4.78, 5) is 31.1. The second-order valence-corrected chi connectivity index (χ2v) is 6.51. The van der Waals surface area contributed by atoms with Gasteiger partial charge in [-0.3, -0.25) is 24.6 Å². The van der Waals surface area contributed by atoms with Crippen LogP contribution in [0.25, 0.3) is 11.3 Å². The number of likely N-dealkylation sites (N-methyl/N-ethyl adjacent to an activating group) is 1. The molecular formula is C20H16F2N6O. The number of guanidine groups is 1. The molecule has 0 radical (unpaired) electrons. The fourth-order valence-corrected chi connectivity index (χ4v) is 3.29. The summed E-state index contributed by atoms with van der Waals surface area (Å²) in [6.45, 7) is -0.767. The Hall–Kier alpha value is -3.75. The van der Waals surface area contributed by atoms with E-state index in [0.29, 0.717) is 11.3 Å². The smallest absolute Gasteiger partial charge is 0.268 e. The molecule has 3 heterocycles. The minimum absolute atomic E-state index is 0.0542. The Labute approximate surface area is 165 Å². The van der Waals surface area contributed by atoms with Crippen LogP contribution in [0.2, 0.25) is 0 Å². The van der Waals surface area contributed by atoms with Crippen LogP contribution in [0, 0.1) is 5.82 Å². The predicted molar refractivity (Wildman–Crippen MR) is 102 cm³/mol. The molecule has 0 fully saturated rings. The molecule has 0 saturated heterocycles. The van der Waals surface area contributed by atoms with Crippen LogP contribution in [-0.2, 0) is 17.0 Å². The highest BCUT2D eigenvalue weighted by Crippen LogP contribution is 2.41. The molecule has 1 aliphatic heterocycles. The van der Waals surface area contributed by atoms with Gasteiger partial charge in [-0.1, -0.05) is 0 Å². The van der Waals surface area contributed by atoms with E-state index in [-0.39, 0.29) is 22.8 Å². The number of amides is 1. The number of halogens is 2. The van der Waals surface area contributed by atoms with Gasteiger partial charge < -0.3 is 5.73 Å². The lowest BCUT2D eigenvalue weighted by Crippen LogP contribution is -2.42. The third kappa shape index (κ3) is 2.91. The molecule has 1 amide bonds. The molecule has 2 N–H and O–H groups in total. The highest BCUT2D eigenvalue weighted by Gasteiger charge is 2.52. The number of hydrogen-bond acceptors (Lipinski definition) is 6. The monoisotopic (exact) mass is 394 g/mol. The zero-order valence-corrected chi connectivity index (χ0v) is 15.4. The van der Waals surface area contributed by atoms with Gasteiger partial charge in [-0.25, -0.2) is 13.8 Å². The van der Waals surface area contributed by atoms with E-state index in [0.717, 1.165) is 4.90 Å². The van der Waals surface area contributed by atoms with Crippen LogP contribution in [0.5, 0.6) is 0 Å². The van der Waals surface area contributed by atoms with E-state index in [2.05, 4.69) is 19.9 Å². The van der Waals surface area contributed by atoms with Crippen LogP contribution in [0.1, 0.15) is 16.8 Å². The number of aromatic nitrogens is 3. The van der Waals surface area contributed by atoms with Crippen LogP contribution < -0.4 is 5.73 Å². The summed E-state index contributed by atoms with van der Waals surface area (Å²) in [6, 6.07) is 7.08. The van der Waals surface area contributed by atoms with Crippen molar-refractivity contribution in [3.8, 4) is 11.3 Å². The molecule has 29 heavy (non-hydrogen) atoms. The summed E-state index contributed by atoms with van der Waals surface area (Å²) in [7, 11) is 1.44. The summed E-state index contributed by atoms with van der Waals surface area (Å²) in [6.07, 6.45) is 5.90. The molecule has 0 aliphatic carbocycles. The highest BCUT2D eigenvalue weighted by molar-refractivity contribution is 6.08. The summed E-state index contributed by atoms with van der Waals surface area (Å²) in [5.74, 6) is -1.36. The topological polar surface area (TPSA) is 97.4 Å². The molecule has 1 aromatic carbocycles. The van der Waals surface area contributed by atoms with Gasteiger partial charge in [0.05, 0.1) is 17.6 Å². The number of benzene rings is 1. The molecule has 1 aliphatic rings. The van der Waals surface area contributed by atoms with E-state index in [9.17, 15) is 9.18 Å². The highest BCUT2D eigenvalue weighted by atomic mass is 19.1. The van der Waals surface area contributed by atoms with E-state index in [1.807, 2.05) is 0 Å². The van der Waals surface area contributed by atoms with Crippen LogP contribution in [0.3, 0.4) is 0 Å². The first-order chi connectivity index (χ1) is 14.0. The number of nitrogens with two attached hydrogens (primary N) is 1. The predicted octanol–water partition coefficient (Wildman–Crippen LogP) is 2.18. The Bertz CT molecular complexity index is 1120. The van der Waals surface area contributed by atoms with Gasteiger partial charge in [0.25, 0.3) is 5.91 Å². The maximum atomic E-state index is 15.1. The standard InChI is InChI=1S/C20H16F2N6O/c1-28-18(29)20(27-19(28)23,17-8-12(10-21)4-5-26-17)14-9-13(2-3-15(14)22)16-11-24-6-7-25-16/h2-9,11H,10H2,1H3,(H2,23,27). The minimum Gasteiger partial charge on any atom is -0.369 e. The zero-order valence-electron chi connectivity index (χ0n) is 15.4. The van der Waals surface area contributed by atoms with Crippen molar-refractivity contribution in [1.82, 2.24) is 19.9 Å². The first kappa shape index (κ1) is 18.6. The van der Waals surface area contributed by atoms with Crippen LogP contribution in [0.15, 0.2) is 60.1 Å². The maximum absolute atomic E-state index is 15.1. The zero-order chi connectivity index (χ0) is 20.6. The van der Waals surface area contributed by atoms with Crippen LogP contribution in [-0.4, -0.2) is 38.8 Å². The largest absolute Gasteiger partial charge is 0.369 e. The molecule has 4 rings (SSSR count). The molecule has 0 saturated carbocycles. The average molecular weight is 394 g/mol. The van der Waals surface area contributed by atoms with Crippen LogP contribution >= 0.6 is 0 Å². The maximum Gasteiger partial charge on any atom is 0.268 e. The van der Waals surface area contributed by atoms with Gasteiger partial charge in [0.2, 0.25) is 5.54 Å². The van der Waals surface area contributed by atoms with E-state index in [1.54, 1.807) is 0 Å². The lowest BCUT2D eigenvalue weighted by molar-refractivity contribution is -0.129. The number of alkyl halides is 1. The number of rotatable bonds is 4. The van der Waals surface area contributed by atoms with Crippen molar-refractivity contribution < 1.29 is 13.6 Å². The van der Waals surface area contributed by atoms with E-state index < -0.39 is 23.9 Å². The van der Waals surface area contributed by atoms with Gasteiger partial charge >= 0.3 is 0 Å². The van der Waals surface area contributed by atoms with E-state index in [1.165, 1.54) is 62.2 Å². The van der Waals surface area contributed by atoms with Gasteiger partial charge in [-0.15, -0.1) is 0 Å². The number of aliphatic imine (C=N–C) groups is 1.